The molecule has 2 rings (SSSR count). The van der Waals surface area contributed by atoms with Gasteiger partial charge in [0.2, 0.25) is 5.88 Å². The van der Waals surface area contributed by atoms with Gasteiger partial charge in [0, 0.05) is 5.69 Å². The number of pyridine rings is 1. The smallest absolute Gasteiger partial charge is 0.239 e. The van der Waals surface area contributed by atoms with E-state index in [1.807, 2.05) is 36.4 Å². The number of aromatic nitrogens is 1. The van der Waals surface area contributed by atoms with Gasteiger partial charge in [-0.05, 0) is 30.2 Å². The van der Waals surface area contributed by atoms with Gasteiger partial charge in [0.1, 0.15) is 5.82 Å². The standard InChI is InChI=1S/C15H19N3O/c1-11(2)10-19-15-13(16)8-9-14(18-15)17-12-6-4-3-5-7-12/h3-9,11H,10,16H2,1-2H3,(H,17,18). The molecular weight excluding hydrogens is 238 g/mol. The predicted octanol–water partition coefficient (Wildman–Crippen LogP) is 3.44. The summed E-state index contributed by atoms with van der Waals surface area (Å²) < 4.78 is 5.60. The van der Waals surface area contributed by atoms with Gasteiger partial charge in [-0.15, -0.1) is 0 Å². The molecule has 0 aliphatic heterocycles. The van der Waals surface area contributed by atoms with Gasteiger partial charge in [0.25, 0.3) is 0 Å². The molecule has 19 heavy (non-hydrogen) atoms. The lowest BCUT2D eigenvalue weighted by molar-refractivity contribution is 0.263. The molecule has 1 heterocycles. The van der Waals surface area contributed by atoms with E-state index >= 15 is 0 Å². The number of nitrogen functional groups attached to an aromatic ring is 1. The lowest BCUT2D eigenvalue weighted by atomic mass is 10.2. The zero-order chi connectivity index (χ0) is 13.7. The molecule has 0 aliphatic rings. The number of ether oxygens (including phenoxy) is 1. The van der Waals surface area contributed by atoms with Gasteiger partial charge in [0.05, 0.1) is 12.3 Å². The summed E-state index contributed by atoms with van der Waals surface area (Å²) in [5.41, 5.74) is 7.39. The number of benzene rings is 1. The van der Waals surface area contributed by atoms with Crippen molar-refractivity contribution < 1.29 is 4.74 Å². The molecule has 0 bridgehead atoms. The van der Waals surface area contributed by atoms with E-state index in [4.69, 9.17) is 10.5 Å². The van der Waals surface area contributed by atoms with E-state index in [9.17, 15) is 0 Å². The lowest BCUT2D eigenvalue weighted by Crippen LogP contribution is -2.08. The molecule has 0 amide bonds. The first kappa shape index (κ1) is 13.2. The van der Waals surface area contributed by atoms with Crippen molar-refractivity contribution in [2.75, 3.05) is 17.7 Å². The minimum atomic E-state index is 0.437. The number of anilines is 3. The first-order valence-electron chi connectivity index (χ1n) is 6.36. The molecule has 0 saturated heterocycles. The van der Waals surface area contributed by atoms with Crippen LogP contribution in [0.25, 0.3) is 0 Å². The number of hydrogen-bond donors (Lipinski definition) is 2. The summed E-state index contributed by atoms with van der Waals surface area (Å²) in [5, 5.41) is 3.21. The Morgan fingerprint density at radius 2 is 1.89 bits per heavy atom. The number of nitrogens with zero attached hydrogens (tertiary/aromatic N) is 1. The predicted molar refractivity (Wildman–Crippen MR) is 78.7 cm³/mol. The lowest BCUT2D eigenvalue weighted by Gasteiger charge is -2.12. The van der Waals surface area contributed by atoms with Crippen molar-refractivity contribution in [2.45, 2.75) is 13.8 Å². The quantitative estimate of drug-likeness (QED) is 0.861. The third-order valence-electron chi connectivity index (χ3n) is 2.49. The Bertz CT molecular complexity index is 526. The number of nitrogens with two attached hydrogens (primary N) is 1. The molecule has 0 fully saturated rings. The number of para-hydroxylation sites is 1. The number of nitrogens with one attached hydrogen (secondary N) is 1. The van der Waals surface area contributed by atoms with Crippen LogP contribution in [-0.4, -0.2) is 11.6 Å². The van der Waals surface area contributed by atoms with Crippen LogP contribution in [0.1, 0.15) is 13.8 Å². The summed E-state index contributed by atoms with van der Waals surface area (Å²) in [6.07, 6.45) is 0. The summed E-state index contributed by atoms with van der Waals surface area (Å²) in [6, 6.07) is 13.5. The van der Waals surface area contributed by atoms with Gasteiger partial charge in [-0.3, -0.25) is 0 Å². The second kappa shape index (κ2) is 6.09. The molecule has 0 unspecified atom stereocenters. The molecule has 2 aromatic rings. The Hall–Kier alpha value is -2.23. The van der Waals surface area contributed by atoms with Gasteiger partial charge in [-0.1, -0.05) is 32.0 Å². The first-order chi connectivity index (χ1) is 9.15. The van der Waals surface area contributed by atoms with Crippen LogP contribution in [0.3, 0.4) is 0 Å². The molecule has 100 valence electrons. The fourth-order valence-electron chi connectivity index (χ4n) is 1.55. The van der Waals surface area contributed by atoms with Crippen molar-refractivity contribution in [1.82, 2.24) is 4.98 Å². The highest BCUT2D eigenvalue weighted by Crippen LogP contribution is 2.23. The number of hydrogen-bond acceptors (Lipinski definition) is 4. The zero-order valence-electron chi connectivity index (χ0n) is 11.3. The monoisotopic (exact) mass is 257 g/mol. The van der Waals surface area contributed by atoms with Gasteiger partial charge in [-0.25, -0.2) is 0 Å². The zero-order valence-corrected chi connectivity index (χ0v) is 11.3. The SMILES string of the molecule is CC(C)COc1nc(Nc2ccccc2)ccc1N. The van der Waals surface area contributed by atoms with Crippen molar-refractivity contribution >= 4 is 17.2 Å². The molecule has 4 nitrogen and oxygen atoms in total. The van der Waals surface area contributed by atoms with Crippen LogP contribution in [0, 0.1) is 5.92 Å². The van der Waals surface area contributed by atoms with Crippen molar-refractivity contribution in [3.8, 4) is 5.88 Å². The molecule has 1 aromatic heterocycles. The molecule has 3 N–H and O–H groups in total. The molecule has 0 aliphatic carbocycles. The van der Waals surface area contributed by atoms with Crippen LogP contribution < -0.4 is 15.8 Å². The summed E-state index contributed by atoms with van der Waals surface area (Å²) >= 11 is 0. The van der Waals surface area contributed by atoms with E-state index in [0.29, 0.717) is 24.1 Å². The van der Waals surface area contributed by atoms with Crippen LogP contribution >= 0.6 is 0 Å². The Kier molecular flexibility index (Phi) is 4.23. The summed E-state index contributed by atoms with van der Waals surface area (Å²) in [4.78, 5) is 4.38. The van der Waals surface area contributed by atoms with Crippen LogP contribution in [0.5, 0.6) is 5.88 Å². The van der Waals surface area contributed by atoms with Crippen molar-refractivity contribution in [3.05, 3.63) is 42.5 Å². The topological polar surface area (TPSA) is 60.2 Å². The van der Waals surface area contributed by atoms with Crippen molar-refractivity contribution in [3.63, 3.8) is 0 Å². The maximum absolute atomic E-state index is 5.85. The van der Waals surface area contributed by atoms with Gasteiger partial charge in [0.15, 0.2) is 0 Å². The fourth-order valence-corrected chi connectivity index (χ4v) is 1.55. The van der Waals surface area contributed by atoms with Crippen LogP contribution in [0.15, 0.2) is 42.5 Å². The molecule has 0 saturated carbocycles. The maximum atomic E-state index is 5.85. The highest BCUT2D eigenvalue weighted by molar-refractivity contribution is 5.60. The van der Waals surface area contributed by atoms with E-state index in [1.54, 1.807) is 6.07 Å². The minimum Gasteiger partial charge on any atom is -0.476 e. The molecular formula is C15H19N3O. The van der Waals surface area contributed by atoms with E-state index in [2.05, 4.69) is 24.1 Å². The molecule has 0 atom stereocenters. The van der Waals surface area contributed by atoms with E-state index in [0.717, 1.165) is 11.5 Å². The van der Waals surface area contributed by atoms with Crippen molar-refractivity contribution in [2.24, 2.45) is 5.92 Å². The average molecular weight is 257 g/mol. The Morgan fingerprint density at radius 3 is 2.58 bits per heavy atom. The number of rotatable bonds is 5. The average Bonchev–Trinajstić information content (AvgIpc) is 2.40. The summed E-state index contributed by atoms with van der Waals surface area (Å²) in [5.74, 6) is 1.64. The summed E-state index contributed by atoms with van der Waals surface area (Å²) in [7, 11) is 0. The highest BCUT2D eigenvalue weighted by atomic mass is 16.5. The van der Waals surface area contributed by atoms with E-state index < -0.39 is 0 Å². The van der Waals surface area contributed by atoms with Crippen LogP contribution in [0.4, 0.5) is 17.2 Å². The second-order valence-corrected chi connectivity index (χ2v) is 4.79. The Morgan fingerprint density at radius 1 is 1.16 bits per heavy atom. The fraction of sp³-hybridized carbons (Fsp3) is 0.267. The van der Waals surface area contributed by atoms with Crippen LogP contribution in [0.2, 0.25) is 0 Å². The summed E-state index contributed by atoms with van der Waals surface area (Å²) in [6.45, 7) is 4.77. The molecule has 1 aromatic carbocycles. The second-order valence-electron chi connectivity index (χ2n) is 4.79. The highest BCUT2D eigenvalue weighted by Gasteiger charge is 2.05. The van der Waals surface area contributed by atoms with Gasteiger partial charge in [-0.2, -0.15) is 4.98 Å². The first-order valence-corrected chi connectivity index (χ1v) is 6.36. The van der Waals surface area contributed by atoms with Crippen LogP contribution in [-0.2, 0) is 0 Å². The van der Waals surface area contributed by atoms with E-state index in [1.165, 1.54) is 0 Å². The third-order valence-corrected chi connectivity index (χ3v) is 2.49. The largest absolute Gasteiger partial charge is 0.476 e. The molecule has 0 radical (unpaired) electrons. The maximum Gasteiger partial charge on any atom is 0.239 e. The normalized spacial score (nSPS) is 10.5. The molecule has 4 heteroatoms. The van der Waals surface area contributed by atoms with Gasteiger partial charge >= 0.3 is 0 Å². The minimum absolute atomic E-state index is 0.437. The van der Waals surface area contributed by atoms with E-state index in [-0.39, 0.29) is 0 Å². The van der Waals surface area contributed by atoms with Gasteiger partial charge < -0.3 is 15.8 Å². The Balaban J connectivity index is 2.12. The van der Waals surface area contributed by atoms with Crippen molar-refractivity contribution in [1.29, 1.82) is 0 Å². The Labute approximate surface area is 113 Å². The third kappa shape index (κ3) is 3.88. The molecule has 0 spiro atoms.